The van der Waals surface area contributed by atoms with Gasteiger partial charge in [0, 0.05) is 11.1 Å². The number of hydrogen-bond acceptors (Lipinski definition) is 4. The van der Waals surface area contributed by atoms with Crippen molar-refractivity contribution in [1.29, 1.82) is 0 Å². The highest BCUT2D eigenvalue weighted by Gasteiger charge is 2.15. The minimum absolute atomic E-state index is 0.167. The van der Waals surface area contributed by atoms with Gasteiger partial charge in [0.1, 0.15) is 11.3 Å². The van der Waals surface area contributed by atoms with Crippen molar-refractivity contribution < 1.29 is 23.8 Å². The van der Waals surface area contributed by atoms with Crippen LogP contribution < -0.4 is 10.1 Å². The zero-order valence-electron chi connectivity index (χ0n) is 13.1. The molecule has 3 aromatic rings. The van der Waals surface area contributed by atoms with Gasteiger partial charge in [0.15, 0.2) is 5.76 Å². The Balaban J connectivity index is 1.86. The van der Waals surface area contributed by atoms with E-state index in [0.29, 0.717) is 22.6 Å². The van der Waals surface area contributed by atoms with Gasteiger partial charge >= 0.3 is 5.97 Å². The maximum absolute atomic E-state index is 12.4. The number of methoxy groups -OCH3 is 1. The standard InChI is InChI=1S/C18H15NO5/c1-10-7-11(18(21)22)3-5-14(10)19-17(20)16-9-12-8-13(23-2)4-6-15(12)24-16/h3-9H,1-2H3,(H,19,20)(H,21,22). The summed E-state index contributed by atoms with van der Waals surface area (Å²) in [4.78, 5) is 23.3. The fourth-order valence-corrected chi connectivity index (χ4v) is 2.38. The Kier molecular flexibility index (Phi) is 3.95. The van der Waals surface area contributed by atoms with Crippen LogP contribution in [0.15, 0.2) is 46.9 Å². The summed E-state index contributed by atoms with van der Waals surface area (Å²) in [6.45, 7) is 1.73. The van der Waals surface area contributed by atoms with Crippen molar-refractivity contribution in [2.24, 2.45) is 0 Å². The molecule has 6 heteroatoms. The number of aromatic carboxylic acids is 1. The van der Waals surface area contributed by atoms with E-state index >= 15 is 0 Å². The molecule has 2 N–H and O–H groups in total. The van der Waals surface area contributed by atoms with E-state index in [1.54, 1.807) is 44.4 Å². The molecule has 0 saturated carbocycles. The van der Waals surface area contributed by atoms with Crippen LogP contribution in [0.3, 0.4) is 0 Å². The van der Waals surface area contributed by atoms with Gasteiger partial charge in [-0.2, -0.15) is 0 Å². The topological polar surface area (TPSA) is 88.8 Å². The van der Waals surface area contributed by atoms with Gasteiger partial charge in [0.05, 0.1) is 12.7 Å². The lowest BCUT2D eigenvalue weighted by Gasteiger charge is -2.07. The molecule has 2 aromatic carbocycles. The van der Waals surface area contributed by atoms with Crippen LogP contribution in [0, 0.1) is 6.92 Å². The van der Waals surface area contributed by atoms with Gasteiger partial charge in [-0.1, -0.05) is 0 Å². The van der Waals surface area contributed by atoms with E-state index in [9.17, 15) is 9.59 Å². The Morgan fingerprint density at radius 1 is 1.12 bits per heavy atom. The number of amides is 1. The second-order valence-corrected chi connectivity index (χ2v) is 5.30. The van der Waals surface area contributed by atoms with Crippen molar-refractivity contribution in [2.75, 3.05) is 12.4 Å². The first-order valence-electron chi connectivity index (χ1n) is 7.21. The third-order valence-electron chi connectivity index (χ3n) is 3.67. The van der Waals surface area contributed by atoms with Crippen molar-refractivity contribution >= 4 is 28.5 Å². The number of anilines is 1. The van der Waals surface area contributed by atoms with Crippen molar-refractivity contribution in [3.8, 4) is 5.75 Å². The largest absolute Gasteiger partial charge is 0.497 e. The molecule has 0 bridgehead atoms. The molecular weight excluding hydrogens is 310 g/mol. The Labute approximate surface area is 137 Å². The first-order chi connectivity index (χ1) is 11.5. The number of fused-ring (bicyclic) bond motifs is 1. The minimum atomic E-state index is -1.01. The van der Waals surface area contributed by atoms with Gasteiger partial charge in [-0.25, -0.2) is 4.79 Å². The number of carbonyl (C=O) groups excluding carboxylic acids is 1. The van der Waals surface area contributed by atoms with Crippen LogP contribution in [0.4, 0.5) is 5.69 Å². The molecule has 1 aromatic heterocycles. The van der Waals surface area contributed by atoms with Gasteiger partial charge in [-0.05, 0) is 55.0 Å². The summed E-state index contributed by atoms with van der Waals surface area (Å²) >= 11 is 0. The molecule has 0 atom stereocenters. The molecule has 3 rings (SSSR count). The second kappa shape index (κ2) is 6.08. The average molecular weight is 325 g/mol. The van der Waals surface area contributed by atoms with Crippen LogP contribution in [-0.2, 0) is 0 Å². The lowest BCUT2D eigenvalue weighted by molar-refractivity contribution is 0.0696. The van der Waals surface area contributed by atoms with Crippen LogP contribution in [0.5, 0.6) is 5.75 Å². The fourth-order valence-electron chi connectivity index (χ4n) is 2.38. The number of furan rings is 1. The molecular formula is C18H15NO5. The number of carboxylic acids is 1. The van der Waals surface area contributed by atoms with Crippen molar-refractivity contribution in [2.45, 2.75) is 6.92 Å². The molecule has 6 nitrogen and oxygen atoms in total. The van der Waals surface area contributed by atoms with E-state index in [4.69, 9.17) is 14.3 Å². The number of ether oxygens (including phenoxy) is 1. The van der Waals surface area contributed by atoms with Crippen molar-refractivity contribution in [3.05, 3.63) is 59.4 Å². The Bertz CT molecular complexity index is 942. The van der Waals surface area contributed by atoms with E-state index in [1.165, 1.54) is 12.1 Å². The molecule has 0 fully saturated rings. The van der Waals surface area contributed by atoms with Crippen molar-refractivity contribution in [1.82, 2.24) is 0 Å². The highest BCUT2D eigenvalue weighted by molar-refractivity contribution is 6.05. The van der Waals surface area contributed by atoms with E-state index < -0.39 is 11.9 Å². The van der Waals surface area contributed by atoms with Gasteiger partial charge < -0.3 is 19.6 Å². The fraction of sp³-hybridized carbons (Fsp3) is 0.111. The first kappa shape index (κ1) is 15.6. The monoisotopic (exact) mass is 325 g/mol. The lowest BCUT2D eigenvalue weighted by atomic mass is 10.1. The average Bonchev–Trinajstić information content (AvgIpc) is 2.99. The Morgan fingerprint density at radius 2 is 1.92 bits per heavy atom. The van der Waals surface area contributed by atoms with Crippen molar-refractivity contribution in [3.63, 3.8) is 0 Å². The number of carboxylic acid groups (broad SMARTS) is 1. The number of hydrogen-bond donors (Lipinski definition) is 2. The highest BCUT2D eigenvalue weighted by Crippen LogP contribution is 2.25. The third kappa shape index (κ3) is 2.94. The highest BCUT2D eigenvalue weighted by atomic mass is 16.5. The summed E-state index contributed by atoms with van der Waals surface area (Å²) in [6, 6.07) is 11.4. The van der Waals surface area contributed by atoms with Gasteiger partial charge in [0.2, 0.25) is 0 Å². The van der Waals surface area contributed by atoms with Gasteiger partial charge in [0.25, 0.3) is 5.91 Å². The van der Waals surface area contributed by atoms with E-state index in [0.717, 1.165) is 5.39 Å². The molecule has 0 spiro atoms. The summed E-state index contributed by atoms with van der Waals surface area (Å²) in [7, 11) is 1.57. The van der Waals surface area contributed by atoms with E-state index in [2.05, 4.69) is 5.32 Å². The van der Waals surface area contributed by atoms with Crippen LogP contribution >= 0.6 is 0 Å². The number of benzene rings is 2. The predicted octanol–water partition coefficient (Wildman–Crippen LogP) is 3.70. The number of aryl methyl sites for hydroxylation is 1. The minimum Gasteiger partial charge on any atom is -0.497 e. The molecule has 122 valence electrons. The summed E-state index contributed by atoms with van der Waals surface area (Å²) in [6.07, 6.45) is 0. The number of nitrogens with one attached hydrogen (secondary N) is 1. The van der Waals surface area contributed by atoms with Crippen LogP contribution in [-0.4, -0.2) is 24.1 Å². The second-order valence-electron chi connectivity index (χ2n) is 5.30. The maximum atomic E-state index is 12.4. The van der Waals surface area contributed by atoms with E-state index in [-0.39, 0.29) is 11.3 Å². The molecule has 24 heavy (non-hydrogen) atoms. The molecule has 0 aliphatic rings. The lowest BCUT2D eigenvalue weighted by Crippen LogP contribution is -2.12. The zero-order chi connectivity index (χ0) is 17.3. The molecule has 0 aliphatic carbocycles. The Morgan fingerprint density at radius 3 is 2.58 bits per heavy atom. The normalized spacial score (nSPS) is 10.6. The zero-order valence-corrected chi connectivity index (χ0v) is 13.1. The molecule has 0 unspecified atom stereocenters. The molecule has 1 heterocycles. The Hall–Kier alpha value is -3.28. The summed E-state index contributed by atoms with van der Waals surface area (Å²) in [5, 5.41) is 12.5. The predicted molar refractivity (Wildman–Crippen MR) is 88.9 cm³/mol. The van der Waals surface area contributed by atoms with Crippen LogP contribution in [0.2, 0.25) is 0 Å². The van der Waals surface area contributed by atoms with Crippen LogP contribution in [0.1, 0.15) is 26.5 Å². The maximum Gasteiger partial charge on any atom is 0.335 e. The number of carbonyl (C=O) groups is 2. The van der Waals surface area contributed by atoms with Crippen LogP contribution in [0.25, 0.3) is 11.0 Å². The molecule has 1 amide bonds. The molecule has 0 aliphatic heterocycles. The van der Waals surface area contributed by atoms with Gasteiger partial charge in [-0.15, -0.1) is 0 Å². The summed E-state index contributed by atoms with van der Waals surface area (Å²) in [5.74, 6) is -0.575. The first-order valence-corrected chi connectivity index (χ1v) is 7.21. The third-order valence-corrected chi connectivity index (χ3v) is 3.67. The van der Waals surface area contributed by atoms with E-state index in [1.807, 2.05) is 0 Å². The quantitative estimate of drug-likeness (QED) is 0.763. The molecule has 0 radical (unpaired) electrons. The molecule has 0 saturated heterocycles. The summed E-state index contributed by atoms with van der Waals surface area (Å²) in [5.41, 5.74) is 1.93. The SMILES string of the molecule is COc1ccc2oc(C(=O)Nc3ccc(C(=O)O)cc3C)cc2c1. The summed E-state index contributed by atoms with van der Waals surface area (Å²) < 4.78 is 10.7. The smallest absolute Gasteiger partial charge is 0.335 e. The van der Waals surface area contributed by atoms with Gasteiger partial charge in [-0.3, -0.25) is 4.79 Å². The number of rotatable bonds is 4.